The number of esters is 1. The zero-order valence-electron chi connectivity index (χ0n) is 12.7. The summed E-state index contributed by atoms with van der Waals surface area (Å²) in [5.41, 5.74) is 0.544. The Bertz CT molecular complexity index is 757. The molecule has 0 aliphatic carbocycles. The van der Waals surface area contributed by atoms with Crippen LogP contribution in [-0.4, -0.2) is 23.6 Å². The Morgan fingerprint density at radius 1 is 1.17 bits per heavy atom. The number of hydrogen-bond donors (Lipinski definition) is 1. The fourth-order valence-electron chi connectivity index (χ4n) is 1.82. The first-order chi connectivity index (χ1) is 11.5. The molecule has 0 heterocycles. The second kappa shape index (κ2) is 7.73. The molecule has 0 aromatic heterocycles. The second-order valence-electron chi connectivity index (χ2n) is 4.57. The maximum Gasteiger partial charge on any atom is 0.417 e. The molecular formula is C16H14N2O6. The smallest absolute Gasteiger partial charge is 0.417 e. The lowest BCUT2D eigenvalue weighted by Crippen LogP contribution is -2.17. The molecule has 8 heteroatoms. The topological polar surface area (TPSA) is 108 Å². The third-order valence-corrected chi connectivity index (χ3v) is 2.88. The summed E-state index contributed by atoms with van der Waals surface area (Å²) in [7, 11) is 0. The van der Waals surface area contributed by atoms with Gasteiger partial charge >= 0.3 is 12.1 Å². The third-order valence-electron chi connectivity index (χ3n) is 2.88. The first-order valence-corrected chi connectivity index (χ1v) is 7.00. The van der Waals surface area contributed by atoms with Gasteiger partial charge in [0.2, 0.25) is 0 Å². The van der Waals surface area contributed by atoms with Gasteiger partial charge in [-0.25, -0.2) is 9.59 Å². The van der Waals surface area contributed by atoms with Gasteiger partial charge in [0.05, 0.1) is 17.1 Å². The average Bonchev–Trinajstić information content (AvgIpc) is 2.55. The van der Waals surface area contributed by atoms with Crippen molar-refractivity contribution in [1.29, 1.82) is 0 Å². The molecule has 1 N–H and O–H groups in total. The van der Waals surface area contributed by atoms with Crippen LogP contribution in [0.3, 0.4) is 0 Å². The molecular weight excluding hydrogens is 316 g/mol. The third kappa shape index (κ3) is 4.54. The number of nitro groups is 1. The summed E-state index contributed by atoms with van der Waals surface area (Å²) in [5, 5.41) is 13.0. The Labute approximate surface area is 137 Å². The van der Waals surface area contributed by atoms with E-state index in [1.807, 2.05) is 0 Å². The molecule has 0 unspecified atom stereocenters. The zero-order chi connectivity index (χ0) is 17.5. The minimum absolute atomic E-state index is 0.107. The van der Waals surface area contributed by atoms with Crippen LogP contribution in [0.5, 0.6) is 5.75 Å². The van der Waals surface area contributed by atoms with Gasteiger partial charge in [0.15, 0.2) is 0 Å². The summed E-state index contributed by atoms with van der Waals surface area (Å²) in [5.74, 6) is -0.343. The number of rotatable bonds is 5. The molecule has 0 saturated heterocycles. The number of ether oxygens (including phenoxy) is 2. The zero-order valence-corrected chi connectivity index (χ0v) is 12.7. The van der Waals surface area contributed by atoms with Crippen molar-refractivity contribution < 1.29 is 24.0 Å². The Morgan fingerprint density at radius 3 is 2.50 bits per heavy atom. The maximum atomic E-state index is 11.8. The quantitative estimate of drug-likeness (QED) is 0.511. The van der Waals surface area contributed by atoms with Crippen LogP contribution in [0.4, 0.5) is 16.2 Å². The number of benzene rings is 2. The fraction of sp³-hybridized carbons (Fsp3) is 0.125. The monoisotopic (exact) mass is 330 g/mol. The van der Waals surface area contributed by atoms with Crippen LogP contribution in [0.25, 0.3) is 0 Å². The van der Waals surface area contributed by atoms with Gasteiger partial charge in [-0.1, -0.05) is 6.07 Å². The summed E-state index contributed by atoms with van der Waals surface area (Å²) in [6.45, 7) is 1.94. The highest BCUT2D eigenvalue weighted by Crippen LogP contribution is 2.18. The maximum absolute atomic E-state index is 11.8. The van der Waals surface area contributed by atoms with E-state index in [1.165, 1.54) is 30.3 Å². The molecule has 2 aromatic carbocycles. The summed E-state index contributed by atoms with van der Waals surface area (Å²) in [6, 6.07) is 11.3. The first-order valence-electron chi connectivity index (χ1n) is 7.00. The van der Waals surface area contributed by atoms with Crippen LogP contribution in [0, 0.1) is 10.1 Å². The molecule has 0 spiro atoms. The molecule has 1 amide bonds. The number of non-ortho nitro benzene ring substituents is 1. The van der Waals surface area contributed by atoms with Crippen molar-refractivity contribution in [3.63, 3.8) is 0 Å². The van der Waals surface area contributed by atoms with E-state index < -0.39 is 17.0 Å². The van der Waals surface area contributed by atoms with Crippen molar-refractivity contribution in [3.8, 4) is 5.75 Å². The first kappa shape index (κ1) is 16.9. The van der Waals surface area contributed by atoms with Crippen LogP contribution in [0.15, 0.2) is 48.5 Å². The van der Waals surface area contributed by atoms with Gasteiger partial charge in [0.1, 0.15) is 5.75 Å². The van der Waals surface area contributed by atoms with Gasteiger partial charge < -0.3 is 9.47 Å². The molecule has 0 aliphatic heterocycles. The number of nitro benzene ring substituents is 1. The lowest BCUT2D eigenvalue weighted by molar-refractivity contribution is -0.384. The van der Waals surface area contributed by atoms with E-state index in [1.54, 1.807) is 25.1 Å². The van der Waals surface area contributed by atoms with Crippen molar-refractivity contribution >= 4 is 23.4 Å². The molecule has 0 bridgehead atoms. The standard InChI is InChI=1S/C16H14N2O6/c1-2-23-15(19)11-4-3-5-12(10-11)17-16(20)24-14-8-6-13(7-9-14)18(21)22/h3-10H,2H2,1H3,(H,17,20). The summed E-state index contributed by atoms with van der Waals surface area (Å²) in [4.78, 5) is 33.5. The Kier molecular flexibility index (Phi) is 5.45. The highest BCUT2D eigenvalue weighted by molar-refractivity contribution is 5.92. The highest BCUT2D eigenvalue weighted by atomic mass is 16.6. The number of amides is 1. The number of hydrogen-bond acceptors (Lipinski definition) is 6. The van der Waals surface area contributed by atoms with Crippen LogP contribution in [0.2, 0.25) is 0 Å². The largest absolute Gasteiger partial charge is 0.462 e. The molecule has 0 fully saturated rings. The molecule has 2 rings (SSSR count). The number of nitrogens with zero attached hydrogens (tertiary/aromatic N) is 1. The molecule has 24 heavy (non-hydrogen) atoms. The SMILES string of the molecule is CCOC(=O)c1cccc(NC(=O)Oc2ccc([N+](=O)[O-])cc2)c1. The second-order valence-corrected chi connectivity index (χ2v) is 4.57. The van der Waals surface area contributed by atoms with Crippen LogP contribution in [-0.2, 0) is 4.74 Å². The fourth-order valence-corrected chi connectivity index (χ4v) is 1.82. The van der Waals surface area contributed by atoms with Crippen LogP contribution < -0.4 is 10.1 Å². The van der Waals surface area contributed by atoms with E-state index in [4.69, 9.17) is 9.47 Å². The molecule has 8 nitrogen and oxygen atoms in total. The minimum atomic E-state index is -0.787. The molecule has 2 aromatic rings. The van der Waals surface area contributed by atoms with E-state index in [0.717, 1.165) is 0 Å². The molecule has 0 radical (unpaired) electrons. The summed E-state index contributed by atoms with van der Waals surface area (Å²) >= 11 is 0. The molecule has 0 aliphatic rings. The van der Waals surface area contributed by atoms with Crippen LogP contribution in [0.1, 0.15) is 17.3 Å². The minimum Gasteiger partial charge on any atom is -0.462 e. The Hall–Kier alpha value is -3.42. The summed E-state index contributed by atoms with van der Waals surface area (Å²) in [6.07, 6.45) is -0.787. The van der Waals surface area contributed by atoms with Crippen molar-refractivity contribution in [2.24, 2.45) is 0 Å². The van der Waals surface area contributed by atoms with Gasteiger partial charge in [-0.05, 0) is 37.3 Å². The van der Waals surface area contributed by atoms with E-state index >= 15 is 0 Å². The van der Waals surface area contributed by atoms with E-state index in [2.05, 4.69) is 5.32 Å². The van der Waals surface area contributed by atoms with Gasteiger partial charge in [0.25, 0.3) is 5.69 Å². The van der Waals surface area contributed by atoms with Crippen molar-refractivity contribution in [2.45, 2.75) is 6.92 Å². The van der Waals surface area contributed by atoms with Gasteiger partial charge in [-0.15, -0.1) is 0 Å². The van der Waals surface area contributed by atoms with E-state index in [9.17, 15) is 19.7 Å². The van der Waals surface area contributed by atoms with Crippen molar-refractivity contribution in [3.05, 3.63) is 64.2 Å². The van der Waals surface area contributed by atoms with Crippen LogP contribution >= 0.6 is 0 Å². The molecule has 0 atom stereocenters. The van der Waals surface area contributed by atoms with Gasteiger partial charge in [-0.2, -0.15) is 0 Å². The molecule has 0 saturated carbocycles. The van der Waals surface area contributed by atoms with E-state index in [-0.39, 0.29) is 18.0 Å². The van der Waals surface area contributed by atoms with Gasteiger partial charge in [-0.3, -0.25) is 15.4 Å². The predicted octanol–water partition coefficient (Wildman–Crippen LogP) is 3.38. The number of carbonyl (C=O) groups excluding carboxylic acids is 2. The number of anilines is 1. The normalized spacial score (nSPS) is 9.88. The Balaban J connectivity index is 2.00. The van der Waals surface area contributed by atoms with Crippen molar-refractivity contribution in [1.82, 2.24) is 0 Å². The predicted molar refractivity (Wildman–Crippen MR) is 85.1 cm³/mol. The Morgan fingerprint density at radius 2 is 1.88 bits per heavy atom. The van der Waals surface area contributed by atoms with Crippen molar-refractivity contribution in [2.75, 3.05) is 11.9 Å². The lowest BCUT2D eigenvalue weighted by atomic mass is 10.2. The summed E-state index contributed by atoms with van der Waals surface area (Å²) < 4.78 is 9.89. The van der Waals surface area contributed by atoms with E-state index in [0.29, 0.717) is 11.3 Å². The average molecular weight is 330 g/mol. The molecule has 124 valence electrons. The number of nitrogens with one attached hydrogen (secondary N) is 1. The lowest BCUT2D eigenvalue weighted by Gasteiger charge is -2.08. The highest BCUT2D eigenvalue weighted by Gasteiger charge is 2.11. The number of carbonyl (C=O) groups is 2. The van der Waals surface area contributed by atoms with Gasteiger partial charge in [0, 0.05) is 17.8 Å².